The van der Waals surface area contributed by atoms with Gasteiger partial charge in [-0.15, -0.1) is 0 Å². The minimum atomic E-state index is -0.00111. The summed E-state index contributed by atoms with van der Waals surface area (Å²) in [5.41, 5.74) is 2.07. The number of anilines is 2. The Morgan fingerprint density at radius 1 is 1.33 bits per heavy atom. The summed E-state index contributed by atoms with van der Waals surface area (Å²) in [7, 11) is 0. The highest BCUT2D eigenvalue weighted by Gasteiger charge is 2.21. The number of benzene rings is 1. The number of nitrogens with one attached hydrogen (secondary N) is 2. The van der Waals surface area contributed by atoms with Crippen LogP contribution in [-0.4, -0.2) is 25.2 Å². The molecule has 0 radical (unpaired) electrons. The molecule has 1 aromatic rings. The van der Waals surface area contributed by atoms with Crippen LogP contribution in [0.25, 0.3) is 0 Å². The molecule has 1 aromatic carbocycles. The Labute approximate surface area is 127 Å². The van der Waals surface area contributed by atoms with Crippen molar-refractivity contribution in [2.45, 2.75) is 46.1 Å². The van der Waals surface area contributed by atoms with E-state index in [2.05, 4.69) is 43.5 Å². The van der Waals surface area contributed by atoms with Crippen LogP contribution in [0.4, 0.5) is 16.2 Å². The third kappa shape index (κ3) is 4.13. The Kier molecular flexibility index (Phi) is 5.48. The maximum atomic E-state index is 11.7. The lowest BCUT2D eigenvalue weighted by molar-refractivity contribution is 0.252. The molecule has 116 valence electrons. The van der Waals surface area contributed by atoms with Crippen molar-refractivity contribution in [1.82, 2.24) is 5.32 Å². The van der Waals surface area contributed by atoms with Gasteiger partial charge in [0, 0.05) is 30.5 Å². The van der Waals surface area contributed by atoms with Gasteiger partial charge in [0.05, 0.1) is 0 Å². The van der Waals surface area contributed by atoms with E-state index in [1.165, 1.54) is 12.8 Å². The fourth-order valence-electron chi connectivity index (χ4n) is 2.70. The van der Waals surface area contributed by atoms with Gasteiger partial charge in [-0.1, -0.05) is 33.3 Å². The summed E-state index contributed by atoms with van der Waals surface area (Å²) in [6.45, 7) is 8.23. The number of carbonyl (C=O) groups is 1. The summed E-state index contributed by atoms with van der Waals surface area (Å²) in [5.74, 6) is 0.731. The van der Waals surface area contributed by atoms with Gasteiger partial charge >= 0.3 is 6.03 Å². The second-order valence-corrected chi connectivity index (χ2v) is 5.93. The highest BCUT2D eigenvalue weighted by atomic mass is 16.2. The van der Waals surface area contributed by atoms with Crippen LogP contribution in [0, 0.1) is 5.92 Å². The molecule has 1 aliphatic rings. The van der Waals surface area contributed by atoms with Crippen molar-refractivity contribution in [2.24, 2.45) is 5.92 Å². The summed E-state index contributed by atoms with van der Waals surface area (Å²) >= 11 is 0. The van der Waals surface area contributed by atoms with Crippen molar-refractivity contribution in [1.29, 1.82) is 0 Å². The number of amides is 2. The fraction of sp³-hybridized carbons (Fsp3) is 0.588. The van der Waals surface area contributed by atoms with Gasteiger partial charge in [0.15, 0.2) is 0 Å². The van der Waals surface area contributed by atoms with Crippen molar-refractivity contribution in [3.05, 3.63) is 24.3 Å². The summed E-state index contributed by atoms with van der Waals surface area (Å²) in [5, 5.41) is 6.45. The van der Waals surface area contributed by atoms with E-state index in [-0.39, 0.29) is 6.03 Å². The molecule has 4 nitrogen and oxygen atoms in total. The molecule has 1 saturated heterocycles. The molecule has 2 unspecified atom stereocenters. The molecule has 0 aromatic heterocycles. The zero-order valence-corrected chi connectivity index (χ0v) is 13.4. The normalized spacial score (nSPS) is 17.5. The lowest BCUT2D eigenvalue weighted by Crippen LogP contribution is -2.28. The van der Waals surface area contributed by atoms with E-state index in [1.807, 2.05) is 12.1 Å². The third-order valence-electron chi connectivity index (χ3n) is 4.26. The predicted molar refractivity (Wildman–Crippen MR) is 89.0 cm³/mol. The Morgan fingerprint density at radius 2 is 2.14 bits per heavy atom. The van der Waals surface area contributed by atoms with Crippen LogP contribution >= 0.6 is 0 Å². The second kappa shape index (κ2) is 7.34. The van der Waals surface area contributed by atoms with Crippen LogP contribution < -0.4 is 15.5 Å². The van der Waals surface area contributed by atoms with Crippen LogP contribution in [-0.2, 0) is 0 Å². The Hall–Kier alpha value is -1.71. The number of urea groups is 1. The van der Waals surface area contributed by atoms with Crippen molar-refractivity contribution >= 4 is 17.4 Å². The molecule has 1 fully saturated rings. The highest BCUT2D eigenvalue weighted by molar-refractivity contribution is 5.94. The van der Waals surface area contributed by atoms with E-state index in [9.17, 15) is 4.79 Å². The van der Waals surface area contributed by atoms with E-state index >= 15 is 0 Å². The first-order valence-electron chi connectivity index (χ1n) is 8.06. The van der Waals surface area contributed by atoms with Crippen LogP contribution in [0.3, 0.4) is 0 Å². The summed E-state index contributed by atoms with van der Waals surface area (Å²) in [4.78, 5) is 13.5. The Morgan fingerprint density at radius 3 is 2.76 bits per heavy atom. The first-order chi connectivity index (χ1) is 10.1. The van der Waals surface area contributed by atoms with Gasteiger partial charge in [0.1, 0.15) is 0 Å². The predicted octanol–water partition coefficient (Wildman–Crippen LogP) is 3.84. The molecule has 0 saturated carbocycles. The second-order valence-electron chi connectivity index (χ2n) is 5.93. The topological polar surface area (TPSA) is 44.4 Å². The van der Waals surface area contributed by atoms with Gasteiger partial charge in [-0.05, 0) is 37.0 Å². The lowest BCUT2D eigenvalue weighted by atomic mass is 9.97. The van der Waals surface area contributed by atoms with Gasteiger partial charge in [0.25, 0.3) is 0 Å². The van der Waals surface area contributed by atoms with Crippen molar-refractivity contribution in [2.75, 3.05) is 23.3 Å². The van der Waals surface area contributed by atoms with Crippen LogP contribution in [0.5, 0.6) is 0 Å². The molecule has 2 amide bonds. The average Bonchev–Trinajstić information content (AvgIpc) is 2.92. The molecule has 1 aliphatic heterocycles. The van der Waals surface area contributed by atoms with Crippen molar-refractivity contribution in [3.63, 3.8) is 0 Å². The van der Waals surface area contributed by atoms with E-state index in [0.29, 0.717) is 6.04 Å². The fourth-order valence-corrected chi connectivity index (χ4v) is 2.70. The zero-order chi connectivity index (χ0) is 15.2. The summed E-state index contributed by atoms with van der Waals surface area (Å²) in [6, 6.07) is 8.65. The monoisotopic (exact) mass is 289 g/mol. The molecule has 4 heteroatoms. The molecular weight excluding hydrogens is 262 g/mol. The van der Waals surface area contributed by atoms with E-state index in [1.54, 1.807) is 4.90 Å². The SMILES string of the molecule is CCC(C)CC(CC)Nc1cccc(N2CCNC2=O)c1. The maximum Gasteiger partial charge on any atom is 0.321 e. The van der Waals surface area contributed by atoms with Crippen LogP contribution in [0.1, 0.15) is 40.0 Å². The zero-order valence-electron chi connectivity index (χ0n) is 13.4. The molecule has 2 rings (SSSR count). The number of hydrogen-bond acceptors (Lipinski definition) is 2. The molecule has 21 heavy (non-hydrogen) atoms. The van der Waals surface area contributed by atoms with Crippen LogP contribution in [0.15, 0.2) is 24.3 Å². The maximum absolute atomic E-state index is 11.7. The molecule has 0 bridgehead atoms. The standard InChI is InChI=1S/C17H27N3O/c1-4-13(3)11-14(5-2)19-15-7-6-8-16(12-15)20-10-9-18-17(20)21/h6-8,12-14,19H,4-5,9-11H2,1-3H3,(H,18,21). The van der Waals surface area contributed by atoms with E-state index in [0.717, 1.165) is 36.8 Å². The highest BCUT2D eigenvalue weighted by Crippen LogP contribution is 2.23. The van der Waals surface area contributed by atoms with Crippen molar-refractivity contribution in [3.8, 4) is 0 Å². The quantitative estimate of drug-likeness (QED) is 0.801. The minimum Gasteiger partial charge on any atom is -0.382 e. The van der Waals surface area contributed by atoms with Gasteiger partial charge in [-0.3, -0.25) is 4.90 Å². The largest absolute Gasteiger partial charge is 0.382 e. The number of carbonyl (C=O) groups excluding carboxylic acids is 1. The average molecular weight is 289 g/mol. The molecular formula is C17H27N3O. The molecule has 2 atom stereocenters. The third-order valence-corrected chi connectivity index (χ3v) is 4.26. The smallest absolute Gasteiger partial charge is 0.321 e. The van der Waals surface area contributed by atoms with Gasteiger partial charge in [-0.25, -0.2) is 4.79 Å². The minimum absolute atomic E-state index is 0.00111. The summed E-state index contributed by atoms with van der Waals surface area (Å²) < 4.78 is 0. The summed E-state index contributed by atoms with van der Waals surface area (Å²) in [6.07, 6.45) is 3.51. The number of rotatable bonds is 7. The van der Waals surface area contributed by atoms with Crippen molar-refractivity contribution < 1.29 is 4.79 Å². The van der Waals surface area contributed by atoms with Crippen LogP contribution in [0.2, 0.25) is 0 Å². The first kappa shape index (κ1) is 15.7. The Balaban J connectivity index is 2.04. The van der Waals surface area contributed by atoms with E-state index in [4.69, 9.17) is 0 Å². The number of nitrogens with zero attached hydrogens (tertiary/aromatic N) is 1. The molecule has 2 N–H and O–H groups in total. The first-order valence-corrected chi connectivity index (χ1v) is 8.06. The number of hydrogen-bond donors (Lipinski definition) is 2. The van der Waals surface area contributed by atoms with Gasteiger partial charge < -0.3 is 10.6 Å². The molecule has 1 heterocycles. The van der Waals surface area contributed by atoms with E-state index < -0.39 is 0 Å². The lowest BCUT2D eigenvalue weighted by Gasteiger charge is -2.22. The Bertz CT molecular complexity index is 475. The van der Waals surface area contributed by atoms with Gasteiger partial charge in [0.2, 0.25) is 0 Å². The van der Waals surface area contributed by atoms with Gasteiger partial charge in [-0.2, -0.15) is 0 Å². The molecule has 0 aliphatic carbocycles. The molecule has 0 spiro atoms.